The molecule has 9 heteroatoms. The summed E-state index contributed by atoms with van der Waals surface area (Å²) in [5.74, 6) is 0.353. The van der Waals surface area contributed by atoms with Gasteiger partial charge in [0.1, 0.15) is 29.3 Å². The Kier molecular flexibility index (Phi) is 5.39. The molecular weight excluding hydrogens is 404 g/mol. The average Bonchev–Trinajstić information content (AvgIpc) is 3.34. The SMILES string of the molecule is C[C@H]1CN(Cc2ccc(F)cc2F)C[C@@H]1C1NC(=O)c2cnc(C3CCOCC3)n2N1. The number of imidazole rings is 1. The Morgan fingerprint density at radius 3 is 2.81 bits per heavy atom. The van der Waals surface area contributed by atoms with Gasteiger partial charge in [-0.3, -0.25) is 9.69 Å². The normalized spacial score (nSPS) is 27.1. The molecule has 31 heavy (non-hydrogen) atoms. The number of nitrogens with one attached hydrogen (secondary N) is 2. The van der Waals surface area contributed by atoms with Gasteiger partial charge >= 0.3 is 0 Å². The highest BCUT2D eigenvalue weighted by Gasteiger charge is 2.40. The van der Waals surface area contributed by atoms with Crippen LogP contribution in [-0.4, -0.2) is 52.9 Å². The van der Waals surface area contributed by atoms with E-state index in [1.807, 2.05) is 4.68 Å². The Hall–Kier alpha value is -2.52. The molecule has 3 aliphatic rings. The molecular formula is C22H27F2N5O2. The lowest BCUT2D eigenvalue weighted by Gasteiger charge is -2.35. The van der Waals surface area contributed by atoms with E-state index in [-0.39, 0.29) is 29.8 Å². The van der Waals surface area contributed by atoms with Crippen molar-refractivity contribution in [2.24, 2.45) is 11.8 Å². The molecule has 1 aromatic carbocycles. The van der Waals surface area contributed by atoms with Gasteiger partial charge in [0, 0.05) is 56.3 Å². The van der Waals surface area contributed by atoms with E-state index in [0.717, 1.165) is 31.3 Å². The fourth-order valence-corrected chi connectivity index (χ4v) is 5.04. The smallest absolute Gasteiger partial charge is 0.273 e. The number of hydrogen-bond acceptors (Lipinski definition) is 5. The van der Waals surface area contributed by atoms with Crippen LogP contribution in [0.4, 0.5) is 8.78 Å². The number of hydrogen-bond donors (Lipinski definition) is 2. The molecule has 5 rings (SSSR count). The van der Waals surface area contributed by atoms with Gasteiger partial charge in [0.2, 0.25) is 0 Å². The van der Waals surface area contributed by atoms with E-state index in [0.29, 0.717) is 37.6 Å². The average molecular weight is 431 g/mol. The molecule has 1 amide bonds. The molecule has 7 nitrogen and oxygen atoms in total. The number of ether oxygens (including phenoxy) is 1. The minimum absolute atomic E-state index is 0.134. The van der Waals surface area contributed by atoms with E-state index in [1.54, 1.807) is 6.20 Å². The van der Waals surface area contributed by atoms with Crippen LogP contribution < -0.4 is 10.7 Å². The van der Waals surface area contributed by atoms with E-state index in [4.69, 9.17) is 4.74 Å². The number of carbonyl (C=O) groups is 1. The molecule has 3 aliphatic heterocycles. The van der Waals surface area contributed by atoms with Gasteiger partial charge < -0.3 is 15.5 Å². The maximum absolute atomic E-state index is 14.1. The largest absolute Gasteiger partial charge is 0.381 e. The number of aromatic nitrogens is 2. The van der Waals surface area contributed by atoms with Crippen LogP contribution in [0.3, 0.4) is 0 Å². The first-order valence-electron chi connectivity index (χ1n) is 10.9. The van der Waals surface area contributed by atoms with Crippen molar-refractivity contribution in [3.63, 3.8) is 0 Å². The molecule has 2 aromatic rings. The first-order chi connectivity index (χ1) is 15.0. The van der Waals surface area contributed by atoms with Crippen LogP contribution >= 0.6 is 0 Å². The fourth-order valence-electron chi connectivity index (χ4n) is 5.04. The molecule has 0 saturated carbocycles. The Labute approximate surface area is 179 Å². The first-order valence-corrected chi connectivity index (χ1v) is 10.9. The van der Waals surface area contributed by atoms with E-state index in [9.17, 15) is 13.6 Å². The lowest BCUT2D eigenvalue weighted by atomic mass is 9.94. The summed E-state index contributed by atoms with van der Waals surface area (Å²) in [4.78, 5) is 19.5. The summed E-state index contributed by atoms with van der Waals surface area (Å²) >= 11 is 0. The van der Waals surface area contributed by atoms with Crippen LogP contribution in [0.25, 0.3) is 0 Å². The van der Waals surface area contributed by atoms with Crippen LogP contribution in [0, 0.1) is 23.5 Å². The summed E-state index contributed by atoms with van der Waals surface area (Å²) in [5, 5.41) is 3.08. The van der Waals surface area contributed by atoms with Crippen molar-refractivity contribution >= 4 is 5.91 Å². The van der Waals surface area contributed by atoms with Crippen LogP contribution in [0.15, 0.2) is 24.4 Å². The summed E-state index contributed by atoms with van der Waals surface area (Å²) in [6.07, 6.45) is 3.17. The molecule has 2 N–H and O–H groups in total. The lowest BCUT2D eigenvalue weighted by molar-refractivity contribution is 0.0818. The number of benzene rings is 1. The van der Waals surface area contributed by atoms with E-state index in [1.165, 1.54) is 12.1 Å². The molecule has 0 bridgehead atoms. The molecule has 0 spiro atoms. The molecule has 0 aliphatic carbocycles. The molecule has 166 valence electrons. The maximum Gasteiger partial charge on any atom is 0.273 e. The predicted octanol–water partition coefficient (Wildman–Crippen LogP) is 2.44. The molecule has 2 fully saturated rings. The number of halogens is 2. The van der Waals surface area contributed by atoms with Gasteiger partial charge in [-0.1, -0.05) is 13.0 Å². The fraction of sp³-hybridized carbons (Fsp3) is 0.545. The van der Waals surface area contributed by atoms with Gasteiger partial charge in [-0.15, -0.1) is 0 Å². The van der Waals surface area contributed by atoms with Crippen molar-refractivity contribution in [1.29, 1.82) is 0 Å². The van der Waals surface area contributed by atoms with Crippen molar-refractivity contribution in [1.82, 2.24) is 19.9 Å². The third-order valence-electron chi connectivity index (χ3n) is 6.75. The van der Waals surface area contributed by atoms with Crippen molar-refractivity contribution < 1.29 is 18.3 Å². The third-order valence-corrected chi connectivity index (χ3v) is 6.75. The second kappa shape index (κ2) is 8.20. The van der Waals surface area contributed by atoms with Crippen molar-refractivity contribution in [2.75, 3.05) is 31.7 Å². The number of carbonyl (C=O) groups excluding carboxylic acids is 1. The zero-order valence-electron chi connectivity index (χ0n) is 17.5. The lowest BCUT2D eigenvalue weighted by Crippen LogP contribution is -2.55. The first kappa shape index (κ1) is 20.4. The van der Waals surface area contributed by atoms with Crippen molar-refractivity contribution in [2.45, 2.75) is 38.4 Å². The molecule has 0 radical (unpaired) electrons. The van der Waals surface area contributed by atoms with Gasteiger partial charge in [0.15, 0.2) is 0 Å². The Bertz CT molecular complexity index is 975. The number of fused-ring (bicyclic) bond motifs is 1. The van der Waals surface area contributed by atoms with Crippen LogP contribution in [0.2, 0.25) is 0 Å². The van der Waals surface area contributed by atoms with E-state index < -0.39 is 11.6 Å². The maximum atomic E-state index is 14.1. The highest BCUT2D eigenvalue weighted by atomic mass is 19.1. The summed E-state index contributed by atoms with van der Waals surface area (Å²) in [6.45, 7) is 5.44. The quantitative estimate of drug-likeness (QED) is 0.778. The van der Waals surface area contributed by atoms with Crippen LogP contribution in [0.5, 0.6) is 0 Å². The molecule has 1 unspecified atom stereocenters. The number of amides is 1. The molecule has 4 heterocycles. The monoisotopic (exact) mass is 431 g/mol. The summed E-state index contributed by atoms with van der Waals surface area (Å²) in [5.41, 5.74) is 4.48. The second-order valence-electron chi connectivity index (χ2n) is 8.87. The minimum Gasteiger partial charge on any atom is -0.381 e. The van der Waals surface area contributed by atoms with Crippen molar-refractivity contribution in [3.05, 3.63) is 53.1 Å². The summed E-state index contributed by atoms with van der Waals surface area (Å²) in [7, 11) is 0. The Balaban J connectivity index is 1.31. The minimum atomic E-state index is -0.570. The molecule has 2 saturated heterocycles. The van der Waals surface area contributed by atoms with Gasteiger partial charge in [-0.25, -0.2) is 18.4 Å². The van der Waals surface area contributed by atoms with Gasteiger partial charge in [-0.05, 0) is 24.8 Å². The molecule has 3 atom stereocenters. The van der Waals surface area contributed by atoms with E-state index in [2.05, 4.69) is 27.6 Å². The Morgan fingerprint density at radius 1 is 1.23 bits per heavy atom. The highest BCUT2D eigenvalue weighted by molar-refractivity contribution is 5.93. The van der Waals surface area contributed by atoms with Gasteiger partial charge in [0.05, 0.1) is 6.20 Å². The Morgan fingerprint density at radius 2 is 2.03 bits per heavy atom. The van der Waals surface area contributed by atoms with Gasteiger partial charge in [0.25, 0.3) is 5.91 Å². The summed E-state index contributed by atoms with van der Waals surface area (Å²) < 4.78 is 34.6. The van der Waals surface area contributed by atoms with Crippen molar-refractivity contribution in [3.8, 4) is 0 Å². The molecule has 1 aromatic heterocycles. The zero-order valence-corrected chi connectivity index (χ0v) is 17.5. The second-order valence-corrected chi connectivity index (χ2v) is 8.87. The van der Waals surface area contributed by atoms with Crippen LogP contribution in [0.1, 0.15) is 47.6 Å². The third kappa shape index (κ3) is 3.92. The highest BCUT2D eigenvalue weighted by Crippen LogP contribution is 2.31. The summed E-state index contributed by atoms with van der Waals surface area (Å²) in [6, 6.07) is 3.71. The standard InChI is InChI=1S/C22H27F2N5O2/c1-13-10-28(11-15-2-3-16(23)8-18(15)24)12-17(13)20-26-22(30)19-9-25-21(29(19)27-20)14-4-6-31-7-5-14/h2-3,8-9,13-14,17,20,27H,4-7,10-12H2,1H3,(H,26,30)/t13-,17-,20?/m0/s1. The number of likely N-dealkylation sites (tertiary alicyclic amines) is 1. The van der Waals surface area contributed by atoms with Crippen LogP contribution in [-0.2, 0) is 11.3 Å². The predicted molar refractivity (Wildman–Crippen MR) is 110 cm³/mol. The topological polar surface area (TPSA) is 71.4 Å². The number of rotatable bonds is 4. The number of nitrogens with zero attached hydrogens (tertiary/aromatic N) is 3. The van der Waals surface area contributed by atoms with E-state index >= 15 is 0 Å². The zero-order chi connectivity index (χ0) is 21.5. The van der Waals surface area contributed by atoms with Gasteiger partial charge in [-0.2, -0.15) is 0 Å².